The van der Waals surface area contributed by atoms with Crippen molar-refractivity contribution in [2.24, 2.45) is 0 Å². The van der Waals surface area contributed by atoms with Crippen LogP contribution in [0.1, 0.15) is 24.1 Å². The van der Waals surface area contributed by atoms with Crippen LogP contribution in [0.2, 0.25) is 5.02 Å². The molecule has 3 rings (SSSR count). The fourth-order valence-electron chi connectivity index (χ4n) is 2.39. The van der Waals surface area contributed by atoms with E-state index in [4.69, 9.17) is 11.6 Å². The number of halogens is 1. The van der Waals surface area contributed by atoms with E-state index in [9.17, 15) is 4.79 Å². The maximum absolute atomic E-state index is 12.3. The summed E-state index contributed by atoms with van der Waals surface area (Å²) in [5, 5.41) is 15.9. The Morgan fingerprint density at radius 1 is 1.27 bits per heavy atom. The van der Waals surface area contributed by atoms with Crippen LogP contribution in [0.5, 0.6) is 0 Å². The number of aryl methyl sites for hydroxylation is 1. The van der Waals surface area contributed by atoms with Crippen molar-refractivity contribution in [2.45, 2.75) is 25.0 Å². The van der Waals surface area contributed by atoms with Gasteiger partial charge in [0, 0.05) is 5.02 Å². The Bertz CT molecular complexity index is 897. The Morgan fingerprint density at radius 2 is 2.04 bits per heavy atom. The van der Waals surface area contributed by atoms with Crippen molar-refractivity contribution in [2.75, 3.05) is 5.75 Å². The molecular weight excluding hydrogens is 370 g/mol. The zero-order valence-electron chi connectivity index (χ0n) is 14.4. The first kappa shape index (κ1) is 18.4. The lowest BCUT2D eigenvalue weighted by atomic mass is 10.1. The minimum Gasteiger partial charge on any atom is -0.349 e. The largest absolute Gasteiger partial charge is 0.349 e. The predicted octanol–water partition coefficient (Wildman–Crippen LogP) is 3.59. The highest BCUT2D eigenvalue weighted by atomic mass is 35.5. The maximum atomic E-state index is 12.3. The summed E-state index contributed by atoms with van der Waals surface area (Å²) in [6.45, 7) is 3.94. The van der Waals surface area contributed by atoms with E-state index in [1.54, 1.807) is 10.7 Å². The fraction of sp³-hybridized carbons (Fsp3) is 0.222. The number of tetrazole rings is 1. The predicted molar refractivity (Wildman–Crippen MR) is 103 cm³/mol. The minimum atomic E-state index is -0.130. The van der Waals surface area contributed by atoms with Gasteiger partial charge in [0.25, 0.3) is 0 Å². The van der Waals surface area contributed by atoms with E-state index in [1.807, 2.05) is 56.3 Å². The van der Waals surface area contributed by atoms with E-state index < -0.39 is 0 Å². The van der Waals surface area contributed by atoms with Gasteiger partial charge in [-0.05, 0) is 54.1 Å². The van der Waals surface area contributed by atoms with E-state index in [0.717, 1.165) is 16.8 Å². The zero-order chi connectivity index (χ0) is 18.5. The molecule has 0 radical (unpaired) electrons. The quantitative estimate of drug-likeness (QED) is 0.654. The summed E-state index contributed by atoms with van der Waals surface area (Å²) < 4.78 is 1.62. The van der Waals surface area contributed by atoms with Crippen LogP contribution in [0.15, 0.2) is 53.7 Å². The lowest BCUT2D eigenvalue weighted by molar-refractivity contribution is -0.119. The lowest BCUT2D eigenvalue weighted by Gasteiger charge is -2.14. The Hall–Kier alpha value is -2.38. The molecule has 0 saturated heterocycles. The number of thioether (sulfide) groups is 1. The molecule has 2 aromatic carbocycles. The summed E-state index contributed by atoms with van der Waals surface area (Å²) in [4.78, 5) is 12.3. The minimum absolute atomic E-state index is 0.0964. The first-order chi connectivity index (χ1) is 12.5. The molecule has 0 saturated carbocycles. The Morgan fingerprint density at radius 3 is 2.77 bits per heavy atom. The highest BCUT2D eigenvalue weighted by Crippen LogP contribution is 2.20. The third-order valence-electron chi connectivity index (χ3n) is 3.78. The van der Waals surface area contributed by atoms with Gasteiger partial charge in [-0.2, -0.15) is 4.68 Å². The molecule has 1 atom stereocenters. The Labute approximate surface area is 160 Å². The van der Waals surface area contributed by atoms with E-state index in [0.29, 0.717) is 10.2 Å². The number of amides is 1. The molecule has 6 nitrogen and oxygen atoms in total. The van der Waals surface area contributed by atoms with Gasteiger partial charge in [0.15, 0.2) is 0 Å². The molecule has 8 heteroatoms. The van der Waals surface area contributed by atoms with Crippen molar-refractivity contribution in [3.8, 4) is 5.69 Å². The van der Waals surface area contributed by atoms with Crippen LogP contribution in [0.25, 0.3) is 5.69 Å². The molecule has 1 N–H and O–H groups in total. The standard InChI is InChI=1S/C18H18ClN5OS/c1-12-6-8-16(9-7-12)24-18(21-22-23-24)26-11-17(25)20-13(2)14-4-3-5-15(19)10-14/h3-10,13H,11H2,1-2H3,(H,20,25)/t13-/m0/s1. The molecule has 0 fully saturated rings. The first-order valence-electron chi connectivity index (χ1n) is 8.06. The topological polar surface area (TPSA) is 72.7 Å². The number of carbonyl (C=O) groups is 1. The lowest BCUT2D eigenvalue weighted by Crippen LogP contribution is -2.28. The summed E-state index contributed by atoms with van der Waals surface area (Å²) in [5.74, 6) is 0.123. The number of benzene rings is 2. The van der Waals surface area contributed by atoms with Crippen molar-refractivity contribution in [1.29, 1.82) is 0 Å². The van der Waals surface area contributed by atoms with Crippen LogP contribution in [-0.4, -0.2) is 31.9 Å². The molecule has 1 amide bonds. The van der Waals surface area contributed by atoms with Gasteiger partial charge < -0.3 is 5.32 Å². The molecule has 0 aliphatic carbocycles. The molecule has 1 heterocycles. The van der Waals surface area contributed by atoms with Crippen LogP contribution in [-0.2, 0) is 4.79 Å². The van der Waals surface area contributed by atoms with Crippen molar-refractivity contribution < 1.29 is 4.79 Å². The molecule has 0 aliphatic rings. The third-order valence-corrected chi connectivity index (χ3v) is 4.93. The summed E-state index contributed by atoms with van der Waals surface area (Å²) in [6.07, 6.45) is 0. The highest BCUT2D eigenvalue weighted by molar-refractivity contribution is 7.99. The van der Waals surface area contributed by atoms with Crippen LogP contribution in [0, 0.1) is 6.92 Å². The first-order valence-corrected chi connectivity index (χ1v) is 9.42. The number of carbonyl (C=O) groups excluding carboxylic acids is 1. The van der Waals surface area contributed by atoms with E-state index in [-0.39, 0.29) is 17.7 Å². The molecule has 134 valence electrons. The molecule has 0 spiro atoms. The Balaban J connectivity index is 1.60. The van der Waals surface area contributed by atoms with Crippen LogP contribution < -0.4 is 5.32 Å². The van der Waals surface area contributed by atoms with Gasteiger partial charge in [-0.25, -0.2) is 0 Å². The van der Waals surface area contributed by atoms with E-state index >= 15 is 0 Å². The van der Waals surface area contributed by atoms with Crippen molar-refractivity contribution in [1.82, 2.24) is 25.5 Å². The van der Waals surface area contributed by atoms with Gasteiger partial charge in [-0.3, -0.25) is 4.79 Å². The molecule has 3 aromatic rings. The molecule has 1 aromatic heterocycles. The summed E-state index contributed by atoms with van der Waals surface area (Å²) in [5.41, 5.74) is 2.97. The highest BCUT2D eigenvalue weighted by Gasteiger charge is 2.14. The van der Waals surface area contributed by atoms with Gasteiger partial charge >= 0.3 is 0 Å². The molecule has 0 aliphatic heterocycles. The van der Waals surface area contributed by atoms with Gasteiger partial charge in [0.2, 0.25) is 11.1 Å². The number of rotatable bonds is 6. The molecular formula is C18H18ClN5OS. The SMILES string of the molecule is Cc1ccc(-n2nnnc2SCC(=O)N[C@@H](C)c2cccc(Cl)c2)cc1. The second-order valence-corrected chi connectivity index (χ2v) is 7.22. The number of nitrogens with one attached hydrogen (secondary N) is 1. The number of hydrogen-bond acceptors (Lipinski definition) is 5. The van der Waals surface area contributed by atoms with Gasteiger partial charge in [0.1, 0.15) is 0 Å². The summed E-state index contributed by atoms with van der Waals surface area (Å²) in [7, 11) is 0. The van der Waals surface area contributed by atoms with Crippen molar-refractivity contribution >= 4 is 29.3 Å². The normalized spacial score (nSPS) is 12.0. The van der Waals surface area contributed by atoms with Crippen LogP contribution >= 0.6 is 23.4 Å². The molecule has 0 bridgehead atoms. The van der Waals surface area contributed by atoms with Gasteiger partial charge in [0.05, 0.1) is 17.5 Å². The molecule has 0 unspecified atom stereocenters. The second kappa shape index (κ2) is 8.33. The number of nitrogens with zero attached hydrogens (tertiary/aromatic N) is 4. The maximum Gasteiger partial charge on any atom is 0.230 e. The van der Waals surface area contributed by atoms with Gasteiger partial charge in [-0.1, -0.05) is 53.2 Å². The summed E-state index contributed by atoms with van der Waals surface area (Å²) >= 11 is 7.29. The zero-order valence-corrected chi connectivity index (χ0v) is 16.0. The second-order valence-electron chi connectivity index (χ2n) is 5.84. The number of aromatic nitrogens is 4. The fourth-order valence-corrected chi connectivity index (χ4v) is 3.29. The Kier molecular flexibility index (Phi) is 5.90. The third kappa shape index (κ3) is 4.62. The number of hydrogen-bond donors (Lipinski definition) is 1. The summed E-state index contributed by atoms with van der Waals surface area (Å²) in [6, 6.07) is 15.2. The van der Waals surface area contributed by atoms with Crippen molar-refractivity contribution in [3.63, 3.8) is 0 Å². The van der Waals surface area contributed by atoms with E-state index in [2.05, 4.69) is 20.8 Å². The van der Waals surface area contributed by atoms with Gasteiger partial charge in [-0.15, -0.1) is 5.10 Å². The van der Waals surface area contributed by atoms with Crippen LogP contribution in [0.3, 0.4) is 0 Å². The average molecular weight is 388 g/mol. The van der Waals surface area contributed by atoms with Crippen molar-refractivity contribution in [3.05, 3.63) is 64.7 Å². The van der Waals surface area contributed by atoms with Crippen LogP contribution in [0.4, 0.5) is 0 Å². The monoisotopic (exact) mass is 387 g/mol. The van der Waals surface area contributed by atoms with E-state index in [1.165, 1.54) is 11.8 Å². The average Bonchev–Trinajstić information content (AvgIpc) is 3.09. The smallest absolute Gasteiger partial charge is 0.230 e. The molecule has 26 heavy (non-hydrogen) atoms.